The number of benzene rings is 1. The van der Waals surface area contributed by atoms with Gasteiger partial charge in [0.25, 0.3) is 0 Å². The van der Waals surface area contributed by atoms with Gasteiger partial charge in [0.1, 0.15) is 0 Å². The molecule has 1 atom stereocenters. The van der Waals surface area contributed by atoms with Crippen molar-refractivity contribution in [3.8, 4) is 0 Å². The third kappa shape index (κ3) is 2.93. The lowest BCUT2D eigenvalue weighted by Gasteiger charge is -2.21. The second-order valence-corrected chi connectivity index (χ2v) is 5.25. The van der Waals surface area contributed by atoms with E-state index in [0.717, 1.165) is 19.5 Å². The molecule has 1 unspecified atom stereocenters. The lowest BCUT2D eigenvalue weighted by atomic mass is 10.1. The molecule has 0 saturated carbocycles. The fraction of sp³-hybridized carbons (Fsp3) is 0.312. The predicted octanol–water partition coefficient (Wildman–Crippen LogP) is 2.55. The Morgan fingerprint density at radius 2 is 2.00 bits per heavy atom. The molecule has 0 aliphatic carbocycles. The van der Waals surface area contributed by atoms with Crippen molar-refractivity contribution < 1.29 is 0 Å². The molecule has 0 fully saturated rings. The predicted molar refractivity (Wildman–Crippen MR) is 78.1 cm³/mol. The summed E-state index contributed by atoms with van der Waals surface area (Å²) in [6.07, 6.45) is 4.83. The van der Waals surface area contributed by atoms with Gasteiger partial charge in [-0.05, 0) is 42.8 Å². The number of hydrogen-bond acceptors (Lipinski definition) is 3. The fourth-order valence-corrected chi connectivity index (χ4v) is 2.73. The van der Waals surface area contributed by atoms with Gasteiger partial charge < -0.3 is 10.2 Å². The third-order valence-electron chi connectivity index (χ3n) is 3.58. The minimum Gasteiger partial charge on any atom is -0.380 e. The Bertz CT molecular complexity index is 514. The number of likely N-dealkylation sites (N-methyl/N-ethyl adjacent to an activating group) is 1. The van der Waals surface area contributed by atoms with Gasteiger partial charge in [-0.2, -0.15) is 0 Å². The van der Waals surface area contributed by atoms with Crippen molar-refractivity contribution in [2.45, 2.75) is 19.0 Å². The number of nitrogens with one attached hydrogen (secondary N) is 1. The molecule has 1 aromatic carbocycles. The van der Waals surface area contributed by atoms with E-state index in [2.05, 4.69) is 58.6 Å². The number of aromatic nitrogens is 1. The van der Waals surface area contributed by atoms with Gasteiger partial charge in [0, 0.05) is 37.2 Å². The number of pyridine rings is 1. The molecule has 1 N–H and O–H groups in total. The summed E-state index contributed by atoms with van der Waals surface area (Å²) < 4.78 is 0. The Hall–Kier alpha value is -1.87. The van der Waals surface area contributed by atoms with Crippen molar-refractivity contribution in [1.82, 2.24) is 9.88 Å². The molecule has 1 aromatic heterocycles. The van der Waals surface area contributed by atoms with Crippen LogP contribution in [0.15, 0.2) is 48.8 Å². The van der Waals surface area contributed by atoms with Crippen LogP contribution in [0.3, 0.4) is 0 Å². The van der Waals surface area contributed by atoms with Crippen LogP contribution in [-0.4, -0.2) is 29.5 Å². The number of anilines is 1. The van der Waals surface area contributed by atoms with Crippen LogP contribution in [0.25, 0.3) is 0 Å². The van der Waals surface area contributed by atoms with Crippen LogP contribution in [0, 0.1) is 0 Å². The molecule has 98 valence electrons. The van der Waals surface area contributed by atoms with E-state index in [9.17, 15) is 0 Å². The van der Waals surface area contributed by atoms with Crippen LogP contribution < -0.4 is 5.32 Å². The molecule has 0 spiro atoms. The van der Waals surface area contributed by atoms with Gasteiger partial charge in [-0.1, -0.05) is 18.2 Å². The van der Waals surface area contributed by atoms with E-state index < -0.39 is 0 Å². The van der Waals surface area contributed by atoms with E-state index in [-0.39, 0.29) is 0 Å². The zero-order chi connectivity index (χ0) is 13.1. The summed E-state index contributed by atoms with van der Waals surface area (Å²) in [6, 6.07) is 13.3. The summed E-state index contributed by atoms with van der Waals surface area (Å²) in [6.45, 7) is 2.02. The highest BCUT2D eigenvalue weighted by Crippen LogP contribution is 2.25. The highest BCUT2D eigenvalue weighted by atomic mass is 15.1. The third-order valence-corrected chi connectivity index (χ3v) is 3.58. The molecular weight excluding hydrogens is 234 g/mol. The second-order valence-electron chi connectivity index (χ2n) is 5.25. The SMILES string of the molecule is CN(Cc1ccncc1)CC1Cc2ccccc2N1. The van der Waals surface area contributed by atoms with E-state index >= 15 is 0 Å². The molecular formula is C16H19N3. The monoisotopic (exact) mass is 253 g/mol. The molecule has 19 heavy (non-hydrogen) atoms. The average Bonchev–Trinajstić information content (AvgIpc) is 2.81. The molecule has 0 saturated heterocycles. The van der Waals surface area contributed by atoms with Crippen molar-refractivity contribution in [2.24, 2.45) is 0 Å². The summed E-state index contributed by atoms with van der Waals surface area (Å²) in [7, 11) is 2.17. The second kappa shape index (κ2) is 5.41. The smallest absolute Gasteiger partial charge is 0.0429 e. The van der Waals surface area contributed by atoms with Crippen molar-refractivity contribution in [2.75, 3.05) is 18.9 Å². The van der Waals surface area contributed by atoms with Gasteiger partial charge >= 0.3 is 0 Å². The molecule has 1 aliphatic heterocycles. The summed E-state index contributed by atoms with van der Waals surface area (Å²) in [5, 5.41) is 3.60. The molecule has 3 rings (SSSR count). The quantitative estimate of drug-likeness (QED) is 0.907. The lowest BCUT2D eigenvalue weighted by Crippen LogP contribution is -2.32. The Morgan fingerprint density at radius 3 is 2.79 bits per heavy atom. The molecule has 3 nitrogen and oxygen atoms in total. The van der Waals surface area contributed by atoms with E-state index in [4.69, 9.17) is 0 Å². The molecule has 1 aliphatic rings. The maximum Gasteiger partial charge on any atom is 0.0429 e. The van der Waals surface area contributed by atoms with Gasteiger partial charge in [-0.15, -0.1) is 0 Å². The Balaban J connectivity index is 1.56. The van der Waals surface area contributed by atoms with Gasteiger partial charge in [0.05, 0.1) is 0 Å². The van der Waals surface area contributed by atoms with Crippen LogP contribution >= 0.6 is 0 Å². The molecule has 0 amide bonds. The van der Waals surface area contributed by atoms with Crippen LogP contribution in [0.2, 0.25) is 0 Å². The average molecular weight is 253 g/mol. The molecule has 0 bridgehead atoms. The van der Waals surface area contributed by atoms with Gasteiger partial charge in [-0.3, -0.25) is 4.98 Å². The zero-order valence-electron chi connectivity index (χ0n) is 11.2. The molecule has 0 radical (unpaired) electrons. The summed E-state index contributed by atoms with van der Waals surface area (Å²) >= 11 is 0. The number of rotatable bonds is 4. The van der Waals surface area contributed by atoms with E-state index in [1.54, 1.807) is 0 Å². The Kier molecular flexibility index (Phi) is 3.47. The summed E-state index contributed by atoms with van der Waals surface area (Å²) in [5.41, 5.74) is 4.04. The lowest BCUT2D eigenvalue weighted by molar-refractivity contribution is 0.312. The van der Waals surface area contributed by atoms with Crippen LogP contribution in [0.5, 0.6) is 0 Å². The standard InChI is InChI=1S/C16H19N3/c1-19(11-13-6-8-17-9-7-13)12-15-10-14-4-2-3-5-16(14)18-15/h2-9,15,18H,10-12H2,1H3. The minimum absolute atomic E-state index is 0.518. The zero-order valence-corrected chi connectivity index (χ0v) is 11.2. The number of para-hydroxylation sites is 1. The normalized spacial score (nSPS) is 17.3. The minimum atomic E-state index is 0.518. The number of hydrogen-bond donors (Lipinski definition) is 1. The highest BCUT2D eigenvalue weighted by Gasteiger charge is 2.20. The van der Waals surface area contributed by atoms with E-state index in [0.29, 0.717) is 6.04 Å². The van der Waals surface area contributed by atoms with Gasteiger partial charge in [-0.25, -0.2) is 0 Å². The Labute approximate surface area is 114 Å². The first-order valence-electron chi connectivity index (χ1n) is 6.73. The van der Waals surface area contributed by atoms with Crippen molar-refractivity contribution in [1.29, 1.82) is 0 Å². The van der Waals surface area contributed by atoms with E-state index in [1.165, 1.54) is 16.8 Å². The maximum atomic E-state index is 4.05. The van der Waals surface area contributed by atoms with Crippen LogP contribution in [-0.2, 0) is 13.0 Å². The first-order chi connectivity index (χ1) is 9.31. The largest absolute Gasteiger partial charge is 0.380 e. The molecule has 2 aromatic rings. The summed E-state index contributed by atoms with van der Waals surface area (Å²) in [5.74, 6) is 0. The maximum absolute atomic E-state index is 4.05. The Morgan fingerprint density at radius 1 is 1.21 bits per heavy atom. The first kappa shape index (κ1) is 12.2. The molecule has 2 heterocycles. The number of nitrogens with zero attached hydrogens (tertiary/aromatic N) is 2. The van der Waals surface area contributed by atoms with Crippen LogP contribution in [0.4, 0.5) is 5.69 Å². The topological polar surface area (TPSA) is 28.2 Å². The van der Waals surface area contributed by atoms with Crippen molar-refractivity contribution in [3.63, 3.8) is 0 Å². The summed E-state index contributed by atoms with van der Waals surface area (Å²) in [4.78, 5) is 6.41. The highest BCUT2D eigenvalue weighted by molar-refractivity contribution is 5.56. The fourth-order valence-electron chi connectivity index (χ4n) is 2.73. The van der Waals surface area contributed by atoms with Crippen molar-refractivity contribution in [3.05, 3.63) is 59.9 Å². The van der Waals surface area contributed by atoms with Gasteiger partial charge in [0.2, 0.25) is 0 Å². The van der Waals surface area contributed by atoms with Crippen LogP contribution in [0.1, 0.15) is 11.1 Å². The van der Waals surface area contributed by atoms with Crippen molar-refractivity contribution >= 4 is 5.69 Å². The molecule has 3 heteroatoms. The van der Waals surface area contributed by atoms with E-state index in [1.807, 2.05) is 12.4 Å². The van der Waals surface area contributed by atoms with Gasteiger partial charge in [0.15, 0.2) is 0 Å². The number of fused-ring (bicyclic) bond motifs is 1. The first-order valence-corrected chi connectivity index (χ1v) is 6.73.